The summed E-state index contributed by atoms with van der Waals surface area (Å²) in [5, 5.41) is 8.57. The van der Waals surface area contributed by atoms with Crippen LogP contribution >= 0.6 is 0 Å². The molecule has 0 saturated heterocycles. The van der Waals surface area contributed by atoms with Crippen molar-refractivity contribution in [3.05, 3.63) is 69.5 Å². The fraction of sp³-hybridized carbons (Fsp3) is 0.375. The van der Waals surface area contributed by atoms with E-state index in [1.54, 1.807) is 6.33 Å². The van der Waals surface area contributed by atoms with E-state index in [1.807, 2.05) is 56.7 Å². The second-order valence-corrected chi connectivity index (χ2v) is 8.44. The van der Waals surface area contributed by atoms with Crippen LogP contribution in [-0.4, -0.2) is 14.5 Å². The van der Waals surface area contributed by atoms with Crippen molar-refractivity contribution in [3.63, 3.8) is 0 Å². The normalized spacial score (nSPS) is 14.4. The number of benzene rings is 1. The number of hydrogen-bond donors (Lipinski definition) is 2. The highest BCUT2D eigenvalue weighted by Gasteiger charge is 2.29. The highest BCUT2D eigenvalue weighted by molar-refractivity contribution is 5.85. The van der Waals surface area contributed by atoms with E-state index < -0.39 is 0 Å². The molecule has 2 heterocycles. The van der Waals surface area contributed by atoms with Gasteiger partial charge in [0.25, 0.3) is 5.56 Å². The van der Waals surface area contributed by atoms with Crippen LogP contribution < -0.4 is 16.2 Å². The van der Waals surface area contributed by atoms with E-state index in [9.17, 15) is 4.79 Å². The first kappa shape index (κ1) is 20.1. The van der Waals surface area contributed by atoms with Gasteiger partial charge in [-0.3, -0.25) is 4.79 Å². The Hall–Kier alpha value is -3.15. The van der Waals surface area contributed by atoms with Crippen LogP contribution in [0.3, 0.4) is 0 Å². The third-order valence-corrected chi connectivity index (χ3v) is 5.61. The monoisotopic (exact) mass is 403 g/mol. The largest absolute Gasteiger partial charge is 0.362 e. The van der Waals surface area contributed by atoms with Crippen LogP contribution in [0.1, 0.15) is 62.5 Å². The predicted molar refractivity (Wildman–Crippen MR) is 123 cm³/mol. The van der Waals surface area contributed by atoms with Crippen LogP contribution in [0.15, 0.2) is 47.2 Å². The molecule has 0 radical (unpaired) electrons. The molecule has 1 atom stereocenters. The summed E-state index contributed by atoms with van der Waals surface area (Å²) in [7, 11) is 0. The van der Waals surface area contributed by atoms with Gasteiger partial charge in [-0.1, -0.05) is 23.8 Å². The summed E-state index contributed by atoms with van der Waals surface area (Å²) in [4.78, 5) is 22.2. The Morgan fingerprint density at radius 2 is 1.93 bits per heavy atom. The van der Waals surface area contributed by atoms with Crippen LogP contribution in [0.4, 0.5) is 11.6 Å². The molecule has 4 rings (SSSR count). The summed E-state index contributed by atoms with van der Waals surface area (Å²) in [5.74, 6) is 1.54. The molecule has 156 valence electrons. The van der Waals surface area contributed by atoms with Crippen molar-refractivity contribution in [2.45, 2.75) is 59.5 Å². The molecule has 30 heavy (non-hydrogen) atoms. The molecule has 0 amide bonds. The molecular formula is C24H29N5O. The Bertz CT molecular complexity index is 1190. The lowest BCUT2D eigenvalue weighted by molar-refractivity contribution is 0.635. The number of pyridine rings is 1. The zero-order valence-corrected chi connectivity index (χ0v) is 18.3. The minimum atomic E-state index is -0.0758. The van der Waals surface area contributed by atoms with Gasteiger partial charge in [0, 0.05) is 23.5 Å². The van der Waals surface area contributed by atoms with Crippen molar-refractivity contribution >= 4 is 22.4 Å². The SMILES string of the molecule is CC(C)=CNc1ncnc(N[C@@H](C)c2cc3cccc(C)c3c(=O)n2C2CC2)c1C. The van der Waals surface area contributed by atoms with Gasteiger partial charge in [0.15, 0.2) is 0 Å². The van der Waals surface area contributed by atoms with Gasteiger partial charge in [-0.15, -0.1) is 0 Å². The van der Waals surface area contributed by atoms with Gasteiger partial charge < -0.3 is 15.2 Å². The van der Waals surface area contributed by atoms with Crippen molar-refractivity contribution < 1.29 is 0 Å². The van der Waals surface area contributed by atoms with Gasteiger partial charge in [-0.25, -0.2) is 9.97 Å². The first-order valence-electron chi connectivity index (χ1n) is 10.5. The molecule has 1 aromatic carbocycles. The molecule has 6 nitrogen and oxygen atoms in total. The molecule has 0 unspecified atom stereocenters. The lowest BCUT2D eigenvalue weighted by atomic mass is 10.0. The minimum absolute atomic E-state index is 0.0758. The Morgan fingerprint density at radius 3 is 2.63 bits per heavy atom. The van der Waals surface area contributed by atoms with E-state index in [2.05, 4.69) is 33.6 Å². The minimum Gasteiger partial charge on any atom is -0.362 e. The number of aryl methyl sites for hydroxylation is 1. The highest BCUT2D eigenvalue weighted by Crippen LogP contribution is 2.37. The Labute approximate surface area is 177 Å². The van der Waals surface area contributed by atoms with Gasteiger partial charge in [0.05, 0.1) is 11.4 Å². The van der Waals surface area contributed by atoms with E-state index in [-0.39, 0.29) is 11.6 Å². The maximum atomic E-state index is 13.4. The zero-order chi connectivity index (χ0) is 21.4. The van der Waals surface area contributed by atoms with E-state index in [4.69, 9.17) is 0 Å². The summed E-state index contributed by atoms with van der Waals surface area (Å²) < 4.78 is 1.99. The Kier molecular flexibility index (Phi) is 5.33. The summed E-state index contributed by atoms with van der Waals surface area (Å²) in [5.41, 5.74) is 4.25. The van der Waals surface area contributed by atoms with Gasteiger partial charge in [-0.05, 0) is 64.5 Å². The molecule has 3 aromatic rings. The maximum absolute atomic E-state index is 13.4. The molecule has 2 aromatic heterocycles. The number of rotatable bonds is 6. The van der Waals surface area contributed by atoms with Crippen LogP contribution in [0.2, 0.25) is 0 Å². The van der Waals surface area contributed by atoms with E-state index in [1.165, 1.54) is 0 Å². The number of aromatic nitrogens is 3. The molecule has 0 bridgehead atoms. The molecular weight excluding hydrogens is 374 g/mol. The fourth-order valence-corrected chi connectivity index (χ4v) is 3.85. The lowest BCUT2D eigenvalue weighted by Crippen LogP contribution is -2.26. The molecule has 0 aliphatic heterocycles. The quantitative estimate of drug-likeness (QED) is 0.588. The van der Waals surface area contributed by atoms with Crippen LogP contribution in [-0.2, 0) is 0 Å². The molecule has 1 aliphatic carbocycles. The third-order valence-electron chi connectivity index (χ3n) is 5.61. The van der Waals surface area contributed by atoms with E-state index >= 15 is 0 Å². The number of nitrogens with zero attached hydrogens (tertiary/aromatic N) is 3. The molecule has 0 spiro atoms. The summed E-state index contributed by atoms with van der Waals surface area (Å²) in [6.07, 6.45) is 5.60. The van der Waals surface area contributed by atoms with Gasteiger partial charge in [0.1, 0.15) is 18.0 Å². The topological polar surface area (TPSA) is 71.8 Å². The second-order valence-electron chi connectivity index (χ2n) is 8.44. The molecule has 1 aliphatic rings. The van der Waals surface area contributed by atoms with E-state index in [0.29, 0.717) is 6.04 Å². The first-order valence-corrected chi connectivity index (χ1v) is 10.5. The lowest BCUT2D eigenvalue weighted by Gasteiger charge is -2.22. The van der Waals surface area contributed by atoms with Crippen LogP contribution in [0.5, 0.6) is 0 Å². The smallest absolute Gasteiger partial charge is 0.259 e. The van der Waals surface area contributed by atoms with Gasteiger partial charge in [-0.2, -0.15) is 0 Å². The Morgan fingerprint density at radius 1 is 1.20 bits per heavy atom. The van der Waals surface area contributed by atoms with Crippen LogP contribution in [0, 0.1) is 13.8 Å². The highest BCUT2D eigenvalue weighted by atomic mass is 16.1. The number of hydrogen-bond acceptors (Lipinski definition) is 5. The van der Waals surface area contributed by atoms with E-state index in [0.717, 1.165) is 57.6 Å². The summed E-state index contributed by atoms with van der Waals surface area (Å²) in [6.45, 7) is 10.1. The third kappa shape index (κ3) is 3.82. The molecule has 2 N–H and O–H groups in total. The fourth-order valence-electron chi connectivity index (χ4n) is 3.85. The van der Waals surface area contributed by atoms with Crippen molar-refractivity contribution in [1.29, 1.82) is 0 Å². The zero-order valence-electron chi connectivity index (χ0n) is 18.3. The second kappa shape index (κ2) is 7.94. The van der Waals surface area contributed by atoms with Gasteiger partial charge in [0.2, 0.25) is 0 Å². The van der Waals surface area contributed by atoms with Crippen LogP contribution in [0.25, 0.3) is 10.8 Å². The number of nitrogens with one attached hydrogen (secondary N) is 2. The first-order chi connectivity index (χ1) is 14.4. The molecule has 6 heteroatoms. The van der Waals surface area contributed by atoms with Crippen molar-refractivity contribution in [3.8, 4) is 0 Å². The Balaban J connectivity index is 1.73. The van der Waals surface area contributed by atoms with Crippen molar-refractivity contribution in [2.75, 3.05) is 10.6 Å². The number of anilines is 2. The van der Waals surface area contributed by atoms with Gasteiger partial charge >= 0.3 is 0 Å². The maximum Gasteiger partial charge on any atom is 0.259 e. The average molecular weight is 404 g/mol. The van der Waals surface area contributed by atoms with Crippen molar-refractivity contribution in [1.82, 2.24) is 14.5 Å². The predicted octanol–water partition coefficient (Wildman–Crippen LogP) is 5.25. The molecule has 1 saturated carbocycles. The van der Waals surface area contributed by atoms with Crippen molar-refractivity contribution in [2.24, 2.45) is 0 Å². The molecule has 1 fully saturated rings. The number of fused-ring (bicyclic) bond motifs is 1. The average Bonchev–Trinajstić information content (AvgIpc) is 3.53. The standard InChI is InChI=1S/C24H29N5O/c1-14(2)12-25-22-16(4)23(27-13-26-22)28-17(5)20-11-18-8-6-7-15(3)21(18)24(30)29(20)19-9-10-19/h6-8,11-13,17,19H,9-10H2,1-5H3,(H2,25,26,27,28)/t17-/m0/s1. The summed E-state index contributed by atoms with van der Waals surface area (Å²) >= 11 is 0. The number of allylic oxidation sites excluding steroid dienone is 1. The summed E-state index contributed by atoms with van der Waals surface area (Å²) in [6, 6.07) is 8.41.